The highest BCUT2D eigenvalue weighted by Gasteiger charge is 2.16. The van der Waals surface area contributed by atoms with Gasteiger partial charge in [-0.2, -0.15) is 0 Å². The second kappa shape index (κ2) is 5.31. The van der Waals surface area contributed by atoms with Gasteiger partial charge in [0.1, 0.15) is 11.6 Å². The maximum Gasteiger partial charge on any atom is 0.150 e. The molecular formula is C16H16FNO. The highest BCUT2D eigenvalue weighted by Crippen LogP contribution is 2.33. The van der Waals surface area contributed by atoms with Crippen LogP contribution in [0.15, 0.2) is 48.5 Å². The van der Waals surface area contributed by atoms with E-state index >= 15 is 0 Å². The first-order valence-corrected chi connectivity index (χ1v) is 6.60. The number of hydrogen-bond acceptors (Lipinski definition) is 2. The van der Waals surface area contributed by atoms with Crippen molar-refractivity contribution in [2.45, 2.75) is 12.8 Å². The zero-order valence-electron chi connectivity index (χ0n) is 10.7. The molecule has 0 amide bonds. The Bertz CT molecular complexity index is 547. The fourth-order valence-corrected chi connectivity index (χ4v) is 2.39. The lowest BCUT2D eigenvalue weighted by Crippen LogP contribution is -2.18. The first-order valence-electron chi connectivity index (χ1n) is 6.60. The molecule has 98 valence electrons. The number of halogens is 1. The maximum atomic E-state index is 12.9. The summed E-state index contributed by atoms with van der Waals surface area (Å²) in [6.07, 6.45) is 2.45. The number of rotatable bonds is 3. The van der Waals surface area contributed by atoms with Gasteiger partial charge < -0.3 is 9.64 Å². The summed E-state index contributed by atoms with van der Waals surface area (Å²) in [5.41, 5.74) is 1.12. The smallest absolute Gasteiger partial charge is 0.150 e. The van der Waals surface area contributed by atoms with E-state index in [2.05, 4.69) is 11.0 Å². The van der Waals surface area contributed by atoms with Crippen LogP contribution in [0, 0.1) is 5.82 Å². The first kappa shape index (κ1) is 12.0. The molecule has 2 aromatic carbocycles. The maximum absolute atomic E-state index is 12.9. The van der Waals surface area contributed by atoms with Crippen LogP contribution in [0.5, 0.6) is 11.5 Å². The lowest BCUT2D eigenvalue weighted by Gasteiger charge is -2.21. The van der Waals surface area contributed by atoms with Crippen LogP contribution in [0.3, 0.4) is 0 Å². The van der Waals surface area contributed by atoms with Gasteiger partial charge in [0.15, 0.2) is 5.75 Å². The third kappa shape index (κ3) is 2.70. The van der Waals surface area contributed by atoms with Crippen LogP contribution in [0.1, 0.15) is 12.8 Å². The summed E-state index contributed by atoms with van der Waals surface area (Å²) in [4.78, 5) is 2.33. The Morgan fingerprint density at radius 3 is 2.32 bits per heavy atom. The fraction of sp³-hybridized carbons (Fsp3) is 0.250. The quantitative estimate of drug-likeness (QED) is 0.816. The zero-order valence-corrected chi connectivity index (χ0v) is 10.7. The van der Waals surface area contributed by atoms with Gasteiger partial charge in [-0.15, -0.1) is 0 Å². The van der Waals surface area contributed by atoms with Gasteiger partial charge in [-0.25, -0.2) is 4.39 Å². The van der Waals surface area contributed by atoms with Crippen LogP contribution < -0.4 is 9.64 Å². The molecular weight excluding hydrogens is 241 g/mol. The van der Waals surface area contributed by atoms with Crippen molar-refractivity contribution in [3.05, 3.63) is 54.3 Å². The number of ether oxygens (including phenoxy) is 1. The van der Waals surface area contributed by atoms with Crippen molar-refractivity contribution in [2.75, 3.05) is 18.0 Å². The molecule has 1 aliphatic rings. The molecule has 0 aromatic heterocycles. The van der Waals surface area contributed by atoms with Gasteiger partial charge in [0.25, 0.3) is 0 Å². The van der Waals surface area contributed by atoms with Crippen LogP contribution in [-0.4, -0.2) is 13.1 Å². The molecule has 0 radical (unpaired) electrons. The largest absolute Gasteiger partial charge is 0.455 e. The Labute approximate surface area is 112 Å². The third-order valence-electron chi connectivity index (χ3n) is 3.35. The van der Waals surface area contributed by atoms with Crippen molar-refractivity contribution < 1.29 is 9.13 Å². The molecule has 3 heteroatoms. The second-order valence-electron chi connectivity index (χ2n) is 4.72. The van der Waals surface area contributed by atoms with Crippen LogP contribution in [0.25, 0.3) is 0 Å². The molecule has 3 rings (SSSR count). The minimum absolute atomic E-state index is 0.250. The zero-order chi connectivity index (χ0) is 13.1. The molecule has 1 saturated heterocycles. The van der Waals surface area contributed by atoms with Crippen LogP contribution in [0.2, 0.25) is 0 Å². The Morgan fingerprint density at radius 1 is 0.895 bits per heavy atom. The Kier molecular flexibility index (Phi) is 3.36. The summed E-state index contributed by atoms with van der Waals surface area (Å²) in [5.74, 6) is 1.24. The number of para-hydroxylation sites is 2. The van der Waals surface area contributed by atoms with E-state index in [9.17, 15) is 4.39 Å². The van der Waals surface area contributed by atoms with Gasteiger partial charge in [-0.3, -0.25) is 0 Å². The van der Waals surface area contributed by atoms with Gasteiger partial charge in [-0.05, 0) is 49.2 Å². The van der Waals surface area contributed by atoms with Crippen molar-refractivity contribution in [1.82, 2.24) is 0 Å². The Balaban J connectivity index is 1.85. The Morgan fingerprint density at radius 2 is 1.58 bits per heavy atom. The normalized spacial score (nSPS) is 14.7. The Hall–Kier alpha value is -2.03. The third-order valence-corrected chi connectivity index (χ3v) is 3.35. The summed E-state index contributed by atoms with van der Waals surface area (Å²) < 4.78 is 18.8. The molecule has 2 aromatic rings. The molecule has 0 saturated carbocycles. The summed E-state index contributed by atoms with van der Waals surface area (Å²) >= 11 is 0. The van der Waals surface area contributed by atoms with Gasteiger partial charge >= 0.3 is 0 Å². The molecule has 1 fully saturated rings. The average Bonchev–Trinajstić information content (AvgIpc) is 2.96. The molecule has 1 heterocycles. The van der Waals surface area contributed by atoms with E-state index in [1.54, 1.807) is 12.1 Å². The molecule has 2 nitrogen and oxygen atoms in total. The summed E-state index contributed by atoms with van der Waals surface area (Å²) in [6.45, 7) is 2.15. The van der Waals surface area contributed by atoms with E-state index in [0.29, 0.717) is 5.75 Å². The first-order chi connectivity index (χ1) is 9.33. The highest BCUT2D eigenvalue weighted by atomic mass is 19.1. The van der Waals surface area contributed by atoms with Gasteiger partial charge in [-0.1, -0.05) is 12.1 Å². The molecule has 0 atom stereocenters. The monoisotopic (exact) mass is 257 g/mol. The molecule has 0 bridgehead atoms. The number of anilines is 1. The number of nitrogens with zero attached hydrogens (tertiary/aromatic N) is 1. The summed E-state index contributed by atoms with van der Waals surface area (Å²) in [6, 6.07) is 14.1. The number of benzene rings is 2. The van der Waals surface area contributed by atoms with Crippen molar-refractivity contribution in [3.8, 4) is 11.5 Å². The highest BCUT2D eigenvalue weighted by molar-refractivity contribution is 5.60. The lowest BCUT2D eigenvalue weighted by atomic mass is 10.2. The predicted molar refractivity (Wildman–Crippen MR) is 74.4 cm³/mol. The lowest BCUT2D eigenvalue weighted by molar-refractivity contribution is 0.480. The van der Waals surface area contributed by atoms with E-state index in [1.807, 2.05) is 18.2 Å². The number of hydrogen-bond donors (Lipinski definition) is 0. The van der Waals surface area contributed by atoms with E-state index < -0.39 is 0 Å². The van der Waals surface area contributed by atoms with Crippen molar-refractivity contribution in [1.29, 1.82) is 0 Å². The molecule has 0 unspecified atom stereocenters. The van der Waals surface area contributed by atoms with Crippen molar-refractivity contribution in [2.24, 2.45) is 0 Å². The van der Waals surface area contributed by atoms with Crippen LogP contribution in [0.4, 0.5) is 10.1 Å². The minimum atomic E-state index is -0.250. The standard InChI is InChI=1S/C16H16FNO/c17-13-7-9-14(10-8-13)19-16-6-2-1-5-15(16)18-11-3-4-12-18/h1-2,5-10H,3-4,11-12H2. The van der Waals surface area contributed by atoms with E-state index in [0.717, 1.165) is 24.5 Å². The fourth-order valence-electron chi connectivity index (χ4n) is 2.39. The summed E-state index contributed by atoms with van der Waals surface area (Å²) in [5, 5.41) is 0. The van der Waals surface area contributed by atoms with Crippen molar-refractivity contribution >= 4 is 5.69 Å². The predicted octanol–water partition coefficient (Wildman–Crippen LogP) is 4.22. The van der Waals surface area contributed by atoms with Crippen LogP contribution >= 0.6 is 0 Å². The molecule has 0 spiro atoms. The molecule has 0 N–H and O–H groups in total. The summed E-state index contributed by atoms with van der Waals surface area (Å²) in [7, 11) is 0. The van der Waals surface area contributed by atoms with Gasteiger partial charge in [0.2, 0.25) is 0 Å². The topological polar surface area (TPSA) is 12.5 Å². The average molecular weight is 257 g/mol. The van der Waals surface area contributed by atoms with E-state index in [4.69, 9.17) is 4.74 Å². The molecule has 0 aliphatic carbocycles. The minimum Gasteiger partial charge on any atom is -0.455 e. The SMILES string of the molecule is Fc1ccc(Oc2ccccc2N2CCCC2)cc1. The van der Waals surface area contributed by atoms with Gasteiger partial charge in [0.05, 0.1) is 5.69 Å². The molecule has 1 aliphatic heterocycles. The van der Waals surface area contributed by atoms with E-state index in [1.165, 1.54) is 25.0 Å². The van der Waals surface area contributed by atoms with Crippen LogP contribution in [-0.2, 0) is 0 Å². The van der Waals surface area contributed by atoms with E-state index in [-0.39, 0.29) is 5.82 Å². The second-order valence-corrected chi connectivity index (χ2v) is 4.72. The van der Waals surface area contributed by atoms with Gasteiger partial charge in [0, 0.05) is 13.1 Å². The molecule has 19 heavy (non-hydrogen) atoms. The van der Waals surface area contributed by atoms with Crippen molar-refractivity contribution in [3.63, 3.8) is 0 Å².